The molecule has 0 fully saturated rings. The molecule has 92 valence electrons. The number of Topliss-reactive ketones (excluding diaryl/α,β-unsaturated/α-hetero) is 1. The number of rotatable bonds is 4. The summed E-state index contributed by atoms with van der Waals surface area (Å²) < 4.78 is 5.57. The van der Waals surface area contributed by atoms with Gasteiger partial charge in [-0.3, -0.25) is 4.79 Å². The maximum atomic E-state index is 12.4. The third-order valence-electron chi connectivity index (χ3n) is 3.37. The summed E-state index contributed by atoms with van der Waals surface area (Å²) in [7, 11) is 0. The lowest BCUT2D eigenvalue weighted by Crippen LogP contribution is -2.14. The molecule has 3 heteroatoms. The number of fused-ring (bicyclic) bond motifs is 1. The third-order valence-corrected chi connectivity index (χ3v) is 3.59. The van der Waals surface area contributed by atoms with Gasteiger partial charge in [-0.2, -0.15) is 0 Å². The van der Waals surface area contributed by atoms with Crippen LogP contribution in [0.1, 0.15) is 42.6 Å². The van der Waals surface area contributed by atoms with E-state index in [0.717, 1.165) is 30.6 Å². The van der Waals surface area contributed by atoms with E-state index >= 15 is 0 Å². The third kappa shape index (κ3) is 2.32. The number of ketones is 1. The fourth-order valence-corrected chi connectivity index (χ4v) is 2.57. The number of hydrogen-bond donors (Lipinski definition) is 0. The average molecular weight is 253 g/mol. The lowest BCUT2D eigenvalue weighted by atomic mass is 9.91. The molecule has 0 saturated carbocycles. The van der Waals surface area contributed by atoms with Gasteiger partial charge in [0.25, 0.3) is 0 Å². The quantitative estimate of drug-likeness (QED) is 0.760. The summed E-state index contributed by atoms with van der Waals surface area (Å²) in [6.07, 6.45) is 2.56. The number of ether oxygens (including phenoxy) is 1. The molecule has 1 aliphatic heterocycles. The first-order valence-corrected chi connectivity index (χ1v) is 6.54. The number of benzene rings is 1. The zero-order valence-electron chi connectivity index (χ0n) is 10.3. The Balaban J connectivity index is 2.41. The molecule has 1 aromatic carbocycles. The van der Waals surface area contributed by atoms with Crippen molar-refractivity contribution in [2.24, 2.45) is 5.92 Å². The molecule has 2 rings (SSSR count). The van der Waals surface area contributed by atoms with Crippen molar-refractivity contribution in [1.82, 2.24) is 0 Å². The topological polar surface area (TPSA) is 26.3 Å². The van der Waals surface area contributed by atoms with Gasteiger partial charge in [0.05, 0.1) is 12.2 Å². The van der Waals surface area contributed by atoms with Crippen molar-refractivity contribution in [3.8, 4) is 5.75 Å². The minimum atomic E-state index is 0.0711. The molecule has 0 spiro atoms. The Morgan fingerprint density at radius 1 is 1.41 bits per heavy atom. The molecule has 0 saturated heterocycles. The Bertz CT molecular complexity index is 436. The Hall–Kier alpha value is -1.02. The van der Waals surface area contributed by atoms with Crippen LogP contribution in [0.3, 0.4) is 0 Å². The van der Waals surface area contributed by atoms with Gasteiger partial charge in [0, 0.05) is 17.4 Å². The van der Waals surface area contributed by atoms with Crippen LogP contribution in [0.4, 0.5) is 0 Å². The van der Waals surface area contributed by atoms with E-state index in [4.69, 9.17) is 16.3 Å². The molecular weight excluding hydrogens is 236 g/mol. The van der Waals surface area contributed by atoms with Crippen molar-refractivity contribution in [2.45, 2.75) is 33.1 Å². The SMILES string of the molecule is CCC(CC)C(=O)c1cc(Cl)cc2c1OCC2. The second-order valence-electron chi connectivity index (χ2n) is 4.42. The summed E-state index contributed by atoms with van der Waals surface area (Å²) >= 11 is 6.06. The lowest BCUT2D eigenvalue weighted by Gasteiger charge is -2.14. The van der Waals surface area contributed by atoms with E-state index in [0.29, 0.717) is 17.2 Å². The van der Waals surface area contributed by atoms with Crippen LogP contribution in [-0.2, 0) is 6.42 Å². The molecule has 0 radical (unpaired) electrons. The van der Waals surface area contributed by atoms with Gasteiger partial charge in [-0.15, -0.1) is 0 Å². The molecule has 1 aliphatic rings. The van der Waals surface area contributed by atoms with Gasteiger partial charge < -0.3 is 4.74 Å². The normalized spacial score (nSPS) is 13.6. The summed E-state index contributed by atoms with van der Waals surface area (Å²) in [6.45, 7) is 4.73. The van der Waals surface area contributed by atoms with Crippen molar-refractivity contribution < 1.29 is 9.53 Å². The molecule has 1 heterocycles. The van der Waals surface area contributed by atoms with E-state index in [1.165, 1.54) is 0 Å². The highest BCUT2D eigenvalue weighted by molar-refractivity contribution is 6.31. The fraction of sp³-hybridized carbons (Fsp3) is 0.500. The Morgan fingerprint density at radius 2 is 2.12 bits per heavy atom. The molecule has 0 aliphatic carbocycles. The first-order chi connectivity index (χ1) is 8.17. The van der Waals surface area contributed by atoms with Crippen LogP contribution in [0, 0.1) is 5.92 Å². The Morgan fingerprint density at radius 3 is 2.76 bits per heavy atom. The van der Waals surface area contributed by atoms with Crippen LogP contribution in [0.25, 0.3) is 0 Å². The molecule has 2 nitrogen and oxygen atoms in total. The zero-order valence-corrected chi connectivity index (χ0v) is 11.0. The first kappa shape index (κ1) is 12.4. The van der Waals surface area contributed by atoms with Crippen LogP contribution >= 0.6 is 11.6 Å². The van der Waals surface area contributed by atoms with Crippen molar-refractivity contribution in [3.63, 3.8) is 0 Å². The molecule has 0 aromatic heterocycles. The van der Waals surface area contributed by atoms with E-state index in [9.17, 15) is 4.79 Å². The molecule has 0 atom stereocenters. The van der Waals surface area contributed by atoms with Gasteiger partial charge in [-0.1, -0.05) is 25.4 Å². The van der Waals surface area contributed by atoms with Gasteiger partial charge in [0.2, 0.25) is 0 Å². The van der Waals surface area contributed by atoms with E-state index in [-0.39, 0.29) is 11.7 Å². The van der Waals surface area contributed by atoms with Crippen LogP contribution in [0.2, 0.25) is 5.02 Å². The van der Waals surface area contributed by atoms with Gasteiger partial charge in [0.15, 0.2) is 5.78 Å². The van der Waals surface area contributed by atoms with Crippen molar-refractivity contribution >= 4 is 17.4 Å². The summed E-state index contributed by atoms with van der Waals surface area (Å²) in [5.74, 6) is 0.990. The van der Waals surface area contributed by atoms with Crippen molar-refractivity contribution in [3.05, 3.63) is 28.3 Å². The van der Waals surface area contributed by atoms with Crippen LogP contribution in [-0.4, -0.2) is 12.4 Å². The molecular formula is C14H17ClO2. The van der Waals surface area contributed by atoms with E-state index < -0.39 is 0 Å². The maximum absolute atomic E-state index is 12.4. The van der Waals surface area contributed by atoms with Gasteiger partial charge in [0.1, 0.15) is 5.75 Å². The van der Waals surface area contributed by atoms with Gasteiger partial charge >= 0.3 is 0 Å². The minimum Gasteiger partial charge on any atom is -0.492 e. The highest BCUT2D eigenvalue weighted by atomic mass is 35.5. The van der Waals surface area contributed by atoms with E-state index in [2.05, 4.69) is 0 Å². The highest BCUT2D eigenvalue weighted by Crippen LogP contribution is 2.34. The molecule has 0 bridgehead atoms. The largest absolute Gasteiger partial charge is 0.492 e. The zero-order chi connectivity index (χ0) is 12.4. The van der Waals surface area contributed by atoms with Gasteiger partial charge in [-0.05, 0) is 30.5 Å². The monoisotopic (exact) mass is 252 g/mol. The smallest absolute Gasteiger partial charge is 0.169 e. The molecule has 17 heavy (non-hydrogen) atoms. The maximum Gasteiger partial charge on any atom is 0.169 e. The van der Waals surface area contributed by atoms with Gasteiger partial charge in [-0.25, -0.2) is 0 Å². The average Bonchev–Trinajstić information content (AvgIpc) is 2.77. The predicted octanol–water partition coefficient (Wildman–Crippen LogP) is 3.89. The van der Waals surface area contributed by atoms with Crippen LogP contribution in [0.5, 0.6) is 5.75 Å². The molecule has 0 unspecified atom stereocenters. The van der Waals surface area contributed by atoms with E-state index in [1.807, 2.05) is 19.9 Å². The highest BCUT2D eigenvalue weighted by Gasteiger charge is 2.25. The number of carbonyl (C=O) groups is 1. The van der Waals surface area contributed by atoms with Crippen molar-refractivity contribution in [1.29, 1.82) is 0 Å². The summed E-state index contributed by atoms with van der Waals surface area (Å²) in [4.78, 5) is 12.4. The number of carbonyl (C=O) groups excluding carboxylic acids is 1. The number of halogens is 1. The number of hydrogen-bond acceptors (Lipinski definition) is 2. The Kier molecular flexibility index (Phi) is 3.72. The molecule has 0 N–H and O–H groups in total. The minimum absolute atomic E-state index is 0.0711. The lowest BCUT2D eigenvalue weighted by molar-refractivity contribution is 0.0910. The summed E-state index contributed by atoms with van der Waals surface area (Å²) in [6, 6.07) is 3.64. The fourth-order valence-electron chi connectivity index (χ4n) is 2.33. The van der Waals surface area contributed by atoms with Crippen molar-refractivity contribution in [2.75, 3.05) is 6.61 Å². The first-order valence-electron chi connectivity index (χ1n) is 6.16. The van der Waals surface area contributed by atoms with E-state index in [1.54, 1.807) is 6.07 Å². The van der Waals surface area contributed by atoms with Crippen LogP contribution < -0.4 is 4.74 Å². The van der Waals surface area contributed by atoms with Crippen LogP contribution in [0.15, 0.2) is 12.1 Å². The second kappa shape index (κ2) is 5.09. The summed E-state index contributed by atoms with van der Waals surface area (Å²) in [5.41, 5.74) is 1.73. The molecule has 1 aromatic rings. The second-order valence-corrected chi connectivity index (χ2v) is 4.85. The Labute approximate surface area is 107 Å². The summed E-state index contributed by atoms with van der Waals surface area (Å²) in [5, 5.41) is 0.628. The molecule has 0 amide bonds. The predicted molar refractivity (Wildman–Crippen MR) is 69.1 cm³/mol. The standard InChI is InChI=1S/C14H17ClO2/c1-3-9(4-2)13(16)12-8-11(15)7-10-5-6-17-14(10)12/h7-9H,3-6H2,1-2H3.